The van der Waals surface area contributed by atoms with Crippen LogP contribution in [-0.2, 0) is 6.54 Å². The van der Waals surface area contributed by atoms with Gasteiger partial charge in [0, 0.05) is 18.3 Å². The first kappa shape index (κ1) is 8.57. The fraction of sp³-hybridized carbons (Fsp3) is 0.455. The highest BCUT2D eigenvalue weighted by atomic mass is 14.9. The van der Waals surface area contributed by atoms with Crippen molar-refractivity contribution < 1.29 is 0 Å². The van der Waals surface area contributed by atoms with Crippen molar-refractivity contribution >= 4 is 5.69 Å². The molecule has 0 radical (unpaired) electrons. The van der Waals surface area contributed by atoms with Gasteiger partial charge in [0.05, 0.1) is 0 Å². The number of anilines is 1. The Bertz CT molecular complexity index is 262. The Morgan fingerprint density at radius 1 is 1.23 bits per heavy atom. The molecule has 0 bridgehead atoms. The monoisotopic (exact) mass is 176 g/mol. The molecule has 0 unspecified atom stereocenters. The van der Waals surface area contributed by atoms with Crippen LogP contribution in [0.1, 0.15) is 24.8 Å². The maximum Gasteiger partial charge on any atom is 0.0314 e. The van der Waals surface area contributed by atoms with Gasteiger partial charge < -0.3 is 11.1 Å². The summed E-state index contributed by atoms with van der Waals surface area (Å²) in [4.78, 5) is 0. The van der Waals surface area contributed by atoms with E-state index in [1.54, 1.807) is 0 Å². The SMILES string of the molecule is Nc1ccc(CNC2CCC2)cc1. The number of nitrogens with one attached hydrogen (secondary N) is 1. The molecular weight excluding hydrogens is 160 g/mol. The van der Waals surface area contributed by atoms with Gasteiger partial charge in [-0.1, -0.05) is 18.6 Å². The van der Waals surface area contributed by atoms with Gasteiger partial charge in [-0.2, -0.15) is 0 Å². The summed E-state index contributed by atoms with van der Waals surface area (Å²) in [5.41, 5.74) is 7.76. The van der Waals surface area contributed by atoms with Crippen LogP contribution in [-0.4, -0.2) is 6.04 Å². The highest BCUT2D eigenvalue weighted by Gasteiger charge is 2.15. The van der Waals surface area contributed by atoms with E-state index in [9.17, 15) is 0 Å². The Morgan fingerprint density at radius 2 is 1.92 bits per heavy atom. The zero-order chi connectivity index (χ0) is 9.10. The molecular formula is C11H16N2. The third-order valence-electron chi connectivity index (χ3n) is 2.68. The van der Waals surface area contributed by atoms with E-state index in [1.807, 2.05) is 12.1 Å². The Labute approximate surface area is 79.1 Å². The summed E-state index contributed by atoms with van der Waals surface area (Å²) in [6.45, 7) is 0.977. The maximum atomic E-state index is 5.60. The van der Waals surface area contributed by atoms with Gasteiger partial charge >= 0.3 is 0 Å². The van der Waals surface area contributed by atoms with E-state index < -0.39 is 0 Å². The average molecular weight is 176 g/mol. The van der Waals surface area contributed by atoms with Crippen LogP contribution in [0.2, 0.25) is 0 Å². The predicted molar refractivity (Wildman–Crippen MR) is 55.3 cm³/mol. The van der Waals surface area contributed by atoms with Gasteiger partial charge in [0.25, 0.3) is 0 Å². The largest absolute Gasteiger partial charge is 0.399 e. The molecule has 3 N–H and O–H groups in total. The minimum absolute atomic E-state index is 0.762. The lowest BCUT2D eigenvalue weighted by Gasteiger charge is -2.26. The number of nitrogen functional groups attached to an aromatic ring is 1. The number of hydrogen-bond acceptors (Lipinski definition) is 2. The normalized spacial score (nSPS) is 16.9. The molecule has 2 nitrogen and oxygen atoms in total. The smallest absolute Gasteiger partial charge is 0.0314 e. The number of hydrogen-bond donors (Lipinski definition) is 2. The van der Waals surface area contributed by atoms with Gasteiger partial charge in [0.1, 0.15) is 0 Å². The Hall–Kier alpha value is -1.02. The molecule has 0 spiro atoms. The summed E-state index contributed by atoms with van der Waals surface area (Å²) in [5.74, 6) is 0. The molecule has 0 aromatic heterocycles. The van der Waals surface area contributed by atoms with Gasteiger partial charge in [-0.3, -0.25) is 0 Å². The lowest BCUT2D eigenvalue weighted by molar-refractivity contribution is 0.338. The van der Waals surface area contributed by atoms with Gasteiger partial charge in [-0.05, 0) is 30.5 Å². The fourth-order valence-corrected chi connectivity index (χ4v) is 1.51. The van der Waals surface area contributed by atoms with Crippen molar-refractivity contribution in [1.29, 1.82) is 0 Å². The van der Waals surface area contributed by atoms with Crippen molar-refractivity contribution in [2.24, 2.45) is 0 Å². The van der Waals surface area contributed by atoms with Gasteiger partial charge in [0.2, 0.25) is 0 Å². The molecule has 1 aromatic carbocycles. The molecule has 0 aliphatic heterocycles. The van der Waals surface area contributed by atoms with E-state index in [0.717, 1.165) is 18.3 Å². The Kier molecular flexibility index (Phi) is 2.50. The molecule has 1 saturated carbocycles. The molecule has 0 atom stereocenters. The standard InChI is InChI=1S/C11H16N2/c12-10-6-4-9(5-7-10)8-13-11-2-1-3-11/h4-7,11,13H,1-3,8,12H2. The highest BCUT2D eigenvalue weighted by Crippen LogP contribution is 2.18. The number of nitrogens with two attached hydrogens (primary N) is 1. The quantitative estimate of drug-likeness (QED) is 0.690. The van der Waals surface area contributed by atoms with Crippen LogP contribution in [0.5, 0.6) is 0 Å². The van der Waals surface area contributed by atoms with Gasteiger partial charge in [-0.25, -0.2) is 0 Å². The molecule has 1 fully saturated rings. The van der Waals surface area contributed by atoms with Crippen LogP contribution < -0.4 is 11.1 Å². The van der Waals surface area contributed by atoms with E-state index in [1.165, 1.54) is 24.8 Å². The molecule has 70 valence electrons. The zero-order valence-electron chi connectivity index (χ0n) is 7.79. The van der Waals surface area contributed by atoms with E-state index in [4.69, 9.17) is 5.73 Å². The summed E-state index contributed by atoms with van der Waals surface area (Å²) in [6, 6.07) is 8.84. The number of benzene rings is 1. The van der Waals surface area contributed by atoms with Crippen molar-refractivity contribution in [3.05, 3.63) is 29.8 Å². The molecule has 0 heterocycles. The Morgan fingerprint density at radius 3 is 2.46 bits per heavy atom. The highest BCUT2D eigenvalue weighted by molar-refractivity contribution is 5.39. The predicted octanol–water partition coefficient (Wildman–Crippen LogP) is 1.91. The summed E-state index contributed by atoms with van der Waals surface area (Å²) in [6.07, 6.45) is 4.07. The van der Waals surface area contributed by atoms with E-state index in [2.05, 4.69) is 17.4 Å². The third kappa shape index (κ3) is 2.22. The topological polar surface area (TPSA) is 38.0 Å². The fourth-order valence-electron chi connectivity index (χ4n) is 1.51. The first-order valence-electron chi connectivity index (χ1n) is 4.92. The van der Waals surface area contributed by atoms with Crippen LogP contribution >= 0.6 is 0 Å². The lowest BCUT2D eigenvalue weighted by atomic mass is 9.93. The molecule has 2 heteroatoms. The molecule has 13 heavy (non-hydrogen) atoms. The first-order valence-corrected chi connectivity index (χ1v) is 4.92. The van der Waals surface area contributed by atoms with Crippen LogP contribution in [0.4, 0.5) is 5.69 Å². The molecule has 2 rings (SSSR count). The van der Waals surface area contributed by atoms with Crippen molar-refractivity contribution in [2.45, 2.75) is 31.8 Å². The van der Waals surface area contributed by atoms with E-state index >= 15 is 0 Å². The second-order valence-electron chi connectivity index (χ2n) is 3.75. The third-order valence-corrected chi connectivity index (χ3v) is 2.68. The minimum atomic E-state index is 0.762. The van der Waals surface area contributed by atoms with Crippen molar-refractivity contribution in [1.82, 2.24) is 5.32 Å². The van der Waals surface area contributed by atoms with Crippen LogP contribution in [0, 0.1) is 0 Å². The Balaban J connectivity index is 1.83. The second-order valence-corrected chi connectivity index (χ2v) is 3.75. The lowest BCUT2D eigenvalue weighted by Crippen LogP contribution is -2.34. The van der Waals surface area contributed by atoms with Crippen LogP contribution in [0.25, 0.3) is 0 Å². The molecule has 0 saturated heterocycles. The molecule has 1 aromatic rings. The zero-order valence-corrected chi connectivity index (χ0v) is 7.79. The van der Waals surface area contributed by atoms with Crippen molar-refractivity contribution in [2.75, 3.05) is 5.73 Å². The second kappa shape index (κ2) is 3.79. The van der Waals surface area contributed by atoms with Gasteiger partial charge in [-0.15, -0.1) is 0 Å². The first-order chi connectivity index (χ1) is 6.34. The average Bonchev–Trinajstić information content (AvgIpc) is 2.05. The minimum Gasteiger partial charge on any atom is -0.399 e. The van der Waals surface area contributed by atoms with Gasteiger partial charge in [0.15, 0.2) is 0 Å². The summed E-state index contributed by atoms with van der Waals surface area (Å²) in [7, 11) is 0. The van der Waals surface area contributed by atoms with Crippen LogP contribution in [0.3, 0.4) is 0 Å². The number of rotatable bonds is 3. The molecule has 1 aliphatic rings. The van der Waals surface area contributed by atoms with E-state index in [-0.39, 0.29) is 0 Å². The van der Waals surface area contributed by atoms with Crippen molar-refractivity contribution in [3.8, 4) is 0 Å². The maximum absolute atomic E-state index is 5.60. The molecule has 1 aliphatic carbocycles. The van der Waals surface area contributed by atoms with Crippen molar-refractivity contribution in [3.63, 3.8) is 0 Å². The summed E-state index contributed by atoms with van der Waals surface area (Å²) >= 11 is 0. The summed E-state index contributed by atoms with van der Waals surface area (Å²) < 4.78 is 0. The van der Waals surface area contributed by atoms with Crippen LogP contribution in [0.15, 0.2) is 24.3 Å². The summed E-state index contributed by atoms with van der Waals surface area (Å²) in [5, 5.41) is 3.51. The molecule has 0 amide bonds. The van der Waals surface area contributed by atoms with E-state index in [0.29, 0.717) is 0 Å².